The van der Waals surface area contributed by atoms with Crippen LogP contribution < -0.4 is 4.74 Å². The molecule has 1 rings (SSSR count). The van der Waals surface area contributed by atoms with Crippen LogP contribution in [0, 0.1) is 0 Å². The molecule has 1 aromatic carbocycles. The van der Waals surface area contributed by atoms with E-state index in [0.717, 1.165) is 12.8 Å². The summed E-state index contributed by atoms with van der Waals surface area (Å²) in [6.07, 6.45) is 4.90. The molecule has 2 N–H and O–H groups in total. The van der Waals surface area contributed by atoms with Gasteiger partial charge in [0, 0.05) is 24.2 Å². The topological polar surface area (TPSA) is 85.2 Å². The van der Waals surface area contributed by atoms with Gasteiger partial charge in [0.1, 0.15) is 18.1 Å². The van der Waals surface area contributed by atoms with Gasteiger partial charge in [0.05, 0.1) is 33.0 Å². The van der Waals surface area contributed by atoms with Gasteiger partial charge in [-0.05, 0) is 56.2 Å². The van der Waals surface area contributed by atoms with E-state index < -0.39 is 0 Å². The van der Waals surface area contributed by atoms with Crippen LogP contribution in [0.15, 0.2) is 18.2 Å². The van der Waals surface area contributed by atoms with E-state index in [1.165, 1.54) is 0 Å². The second-order valence-corrected chi connectivity index (χ2v) is 10.6. The van der Waals surface area contributed by atoms with E-state index in [2.05, 4.69) is 20.1 Å². The first-order valence-corrected chi connectivity index (χ1v) is 12.8. The molecule has 0 fully saturated rings. The second-order valence-electron chi connectivity index (χ2n) is 7.53. The number of aliphatic hydroxyl groups excluding tert-OH is 2. The minimum Gasteiger partial charge on any atom is -0.491 e. The van der Waals surface area contributed by atoms with Crippen LogP contribution in [0.2, 0.25) is 0 Å². The summed E-state index contributed by atoms with van der Waals surface area (Å²) in [7, 11) is 3.56. The summed E-state index contributed by atoms with van der Waals surface area (Å²) in [5, 5.41) is 18.5. The fraction of sp³-hybridized carbons (Fsp3) is 0.682. The Morgan fingerprint density at radius 3 is 2.13 bits per heavy atom. The molecule has 6 nitrogen and oxygen atoms in total. The van der Waals surface area contributed by atoms with Crippen molar-refractivity contribution < 1.29 is 29.2 Å². The molecule has 0 atom stereocenters. The average Bonchev–Trinajstić information content (AvgIpc) is 2.73. The predicted molar refractivity (Wildman–Crippen MR) is 124 cm³/mol. The summed E-state index contributed by atoms with van der Waals surface area (Å²) in [6, 6.07) is 5.22. The van der Waals surface area contributed by atoms with Crippen LogP contribution >= 0.6 is 21.6 Å². The van der Waals surface area contributed by atoms with Gasteiger partial charge in [-0.1, -0.05) is 27.7 Å². The Hall–Kier alpha value is -0.770. The maximum Gasteiger partial charge on any atom is 0.133 e. The highest BCUT2D eigenvalue weighted by Gasteiger charge is 2.19. The number of carbonyl (C=O) groups is 1. The number of hydrogen-bond acceptors (Lipinski definition) is 8. The van der Waals surface area contributed by atoms with E-state index in [9.17, 15) is 15.0 Å². The number of carbonyl (C=O) groups excluding carboxylic acids is 1. The molecule has 30 heavy (non-hydrogen) atoms. The third kappa shape index (κ3) is 12.8. The van der Waals surface area contributed by atoms with Gasteiger partial charge < -0.3 is 24.4 Å². The molecule has 0 aromatic heterocycles. The highest BCUT2D eigenvalue weighted by atomic mass is 33.1. The Kier molecular flexibility index (Phi) is 14.5. The first kappa shape index (κ1) is 27.3. The minimum atomic E-state index is -0.0985. The fourth-order valence-electron chi connectivity index (χ4n) is 2.74. The normalized spacial score (nSPS) is 11.6. The number of ketones is 1. The summed E-state index contributed by atoms with van der Waals surface area (Å²) < 4.78 is 16.7. The molecule has 0 bridgehead atoms. The van der Waals surface area contributed by atoms with Crippen LogP contribution in [0.5, 0.6) is 5.75 Å². The smallest absolute Gasteiger partial charge is 0.133 e. The number of ether oxygens (including phenoxy) is 3. The largest absolute Gasteiger partial charge is 0.491 e. The van der Waals surface area contributed by atoms with Crippen molar-refractivity contribution >= 4 is 27.4 Å². The number of rotatable bonds is 18. The lowest BCUT2D eigenvalue weighted by Crippen LogP contribution is -2.15. The number of Topliss-reactive ketones (excluding diaryl/α,β-unsaturated/α-hetero) is 1. The van der Waals surface area contributed by atoms with E-state index in [-0.39, 0.29) is 18.0 Å². The van der Waals surface area contributed by atoms with E-state index >= 15 is 0 Å². The fourth-order valence-corrected chi connectivity index (χ4v) is 4.98. The Morgan fingerprint density at radius 1 is 0.933 bits per heavy atom. The zero-order valence-corrected chi connectivity index (χ0v) is 20.0. The summed E-state index contributed by atoms with van der Waals surface area (Å²) in [4.78, 5) is 12.0. The van der Waals surface area contributed by atoms with Crippen molar-refractivity contribution in [2.75, 3.05) is 39.3 Å². The molecule has 8 heteroatoms. The van der Waals surface area contributed by atoms with E-state index in [1.54, 1.807) is 29.0 Å². The van der Waals surface area contributed by atoms with Gasteiger partial charge in [0.15, 0.2) is 0 Å². The Labute approximate surface area is 188 Å². The first-order valence-electron chi connectivity index (χ1n) is 10.3. The number of benzene rings is 1. The summed E-state index contributed by atoms with van der Waals surface area (Å²) in [5.41, 5.74) is 1.40. The molecule has 0 saturated carbocycles. The number of hydrogen-bond donors (Lipinski definition) is 2. The van der Waals surface area contributed by atoms with Crippen LogP contribution in [0.3, 0.4) is 0 Å². The average molecular weight is 461 g/mol. The zero-order chi connectivity index (χ0) is 22.2. The van der Waals surface area contributed by atoms with Crippen molar-refractivity contribution in [1.82, 2.24) is 0 Å². The molecular weight excluding hydrogens is 424 g/mol. The quantitative estimate of drug-likeness (QED) is 0.251. The van der Waals surface area contributed by atoms with Gasteiger partial charge in [0.25, 0.3) is 0 Å². The molecular formula is C22H36O6S2. The lowest BCUT2D eigenvalue weighted by atomic mass is 10.0. The SMILES string of the molecule is CSSC(C)(C)CCC(=O)CCCOCCOCCOc1cc(CO)cc(CO)c1. The first-order chi connectivity index (χ1) is 14.4. The van der Waals surface area contributed by atoms with Gasteiger partial charge >= 0.3 is 0 Å². The minimum absolute atomic E-state index is 0.0985. The summed E-state index contributed by atoms with van der Waals surface area (Å²) in [6.45, 7) is 6.46. The van der Waals surface area contributed by atoms with Crippen molar-refractivity contribution in [3.8, 4) is 5.75 Å². The van der Waals surface area contributed by atoms with Gasteiger partial charge in [-0.3, -0.25) is 4.79 Å². The zero-order valence-electron chi connectivity index (χ0n) is 18.4. The predicted octanol–water partition coefficient (Wildman–Crippen LogP) is 4.00. The molecule has 0 radical (unpaired) electrons. The van der Waals surface area contributed by atoms with Crippen molar-refractivity contribution in [1.29, 1.82) is 0 Å². The van der Waals surface area contributed by atoms with Crippen LogP contribution in [-0.2, 0) is 27.5 Å². The van der Waals surface area contributed by atoms with Gasteiger partial charge in [0.2, 0.25) is 0 Å². The van der Waals surface area contributed by atoms with Crippen LogP contribution in [-0.4, -0.2) is 60.0 Å². The Morgan fingerprint density at radius 2 is 1.53 bits per heavy atom. The van der Waals surface area contributed by atoms with Crippen molar-refractivity contribution in [2.24, 2.45) is 0 Å². The molecule has 0 amide bonds. The second kappa shape index (κ2) is 15.9. The molecule has 0 aliphatic rings. The van der Waals surface area contributed by atoms with E-state index in [4.69, 9.17) is 14.2 Å². The molecule has 0 saturated heterocycles. The molecule has 172 valence electrons. The van der Waals surface area contributed by atoms with Gasteiger partial charge in [-0.15, -0.1) is 0 Å². The summed E-state index contributed by atoms with van der Waals surface area (Å²) in [5.74, 6) is 0.905. The van der Waals surface area contributed by atoms with Gasteiger partial charge in [-0.25, -0.2) is 0 Å². The molecule has 0 unspecified atom stereocenters. The van der Waals surface area contributed by atoms with Crippen molar-refractivity contribution in [3.63, 3.8) is 0 Å². The molecule has 1 aromatic rings. The standard InChI is InChI=1S/C22H36O6S2/c1-22(2,30-29-3)7-6-20(25)5-4-8-26-9-10-27-11-12-28-21-14-18(16-23)13-19(15-21)17-24/h13-15,23-24H,4-12,16-17H2,1-3H3. The highest BCUT2D eigenvalue weighted by molar-refractivity contribution is 8.76. The third-order valence-corrected chi connectivity index (χ3v) is 6.99. The molecule has 0 spiro atoms. The van der Waals surface area contributed by atoms with E-state index in [0.29, 0.717) is 68.5 Å². The van der Waals surface area contributed by atoms with Crippen LogP contribution in [0.25, 0.3) is 0 Å². The van der Waals surface area contributed by atoms with Crippen molar-refractivity contribution in [3.05, 3.63) is 29.3 Å². The van der Waals surface area contributed by atoms with Crippen LogP contribution in [0.1, 0.15) is 50.7 Å². The molecule has 0 aliphatic heterocycles. The van der Waals surface area contributed by atoms with Crippen LogP contribution in [0.4, 0.5) is 0 Å². The lowest BCUT2D eigenvalue weighted by molar-refractivity contribution is -0.119. The lowest BCUT2D eigenvalue weighted by Gasteiger charge is -2.21. The monoisotopic (exact) mass is 460 g/mol. The molecule has 0 heterocycles. The highest BCUT2D eigenvalue weighted by Crippen LogP contribution is 2.37. The van der Waals surface area contributed by atoms with Crippen molar-refractivity contribution in [2.45, 2.75) is 57.5 Å². The summed E-state index contributed by atoms with van der Waals surface area (Å²) >= 11 is 0. The number of aliphatic hydroxyl groups is 2. The Balaban J connectivity index is 2.01. The Bertz CT molecular complexity index is 587. The maximum atomic E-state index is 12.0. The maximum absolute atomic E-state index is 12.0. The molecule has 0 aliphatic carbocycles. The third-order valence-electron chi connectivity index (χ3n) is 4.32. The van der Waals surface area contributed by atoms with E-state index in [1.807, 2.05) is 10.8 Å². The van der Waals surface area contributed by atoms with Gasteiger partial charge in [-0.2, -0.15) is 0 Å².